The summed E-state index contributed by atoms with van der Waals surface area (Å²) in [4.78, 5) is 13.7. The summed E-state index contributed by atoms with van der Waals surface area (Å²) < 4.78 is 13.1. The van der Waals surface area contributed by atoms with Gasteiger partial charge in [0.2, 0.25) is 0 Å². The van der Waals surface area contributed by atoms with Gasteiger partial charge in [0.25, 0.3) is 5.91 Å². The fourth-order valence-corrected chi connectivity index (χ4v) is 4.40. The van der Waals surface area contributed by atoms with Gasteiger partial charge in [0.15, 0.2) is 0 Å². The Kier molecular flexibility index (Phi) is 4.50. The number of hydrogen-bond donors (Lipinski definition) is 1. The van der Waals surface area contributed by atoms with Crippen LogP contribution in [0.4, 0.5) is 4.39 Å². The zero-order valence-electron chi connectivity index (χ0n) is 12.1. The quantitative estimate of drug-likeness (QED) is 0.854. The van der Waals surface area contributed by atoms with E-state index in [0.717, 1.165) is 12.8 Å². The highest BCUT2D eigenvalue weighted by Gasteiger charge is 2.36. The lowest BCUT2D eigenvalue weighted by Crippen LogP contribution is -2.38. The molecule has 0 saturated heterocycles. The van der Waals surface area contributed by atoms with Crippen molar-refractivity contribution in [3.05, 3.63) is 57.0 Å². The highest BCUT2D eigenvalue weighted by Crippen LogP contribution is 2.42. The second kappa shape index (κ2) is 6.39. The molecule has 1 fully saturated rings. The Morgan fingerprint density at radius 2 is 2.09 bits per heavy atom. The van der Waals surface area contributed by atoms with Crippen LogP contribution >= 0.6 is 22.9 Å². The first kappa shape index (κ1) is 15.5. The summed E-state index contributed by atoms with van der Waals surface area (Å²) in [6, 6.07) is 8.05. The van der Waals surface area contributed by atoms with Crippen LogP contribution in [0.1, 0.15) is 40.9 Å². The Bertz CT molecular complexity index is 665. The van der Waals surface area contributed by atoms with E-state index in [1.807, 2.05) is 0 Å². The average Bonchev–Trinajstić information content (AvgIpc) is 3.17. The Labute approximate surface area is 138 Å². The molecule has 1 aliphatic carbocycles. The highest BCUT2D eigenvalue weighted by atomic mass is 35.5. The molecule has 1 aromatic carbocycles. The molecule has 3 rings (SSSR count). The van der Waals surface area contributed by atoms with Crippen molar-refractivity contribution in [2.24, 2.45) is 0 Å². The monoisotopic (exact) mass is 337 g/mol. The van der Waals surface area contributed by atoms with E-state index in [1.54, 1.807) is 11.3 Å². The van der Waals surface area contributed by atoms with Gasteiger partial charge in [-0.05, 0) is 42.5 Å². The van der Waals surface area contributed by atoms with Crippen LogP contribution < -0.4 is 5.32 Å². The molecular formula is C17H17ClFNOS. The summed E-state index contributed by atoms with van der Waals surface area (Å²) >= 11 is 7.70. The Hall–Kier alpha value is -1.39. The van der Waals surface area contributed by atoms with Gasteiger partial charge in [0.05, 0.1) is 10.6 Å². The first-order chi connectivity index (χ1) is 10.6. The number of carbonyl (C=O) groups is 1. The van der Waals surface area contributed by atoms with Crippen molar-refractivity contribution >= 4 is 28.8 Å². The van der Waals surface area contributed by atoms with Crippen LogP contribution in [-0.2, 0) is 5.41 Å². The number of halogens is 2. The maximum absolute atomic E-state index is 13.1. The molecule has 2 nitrogen and oxygen atoms in total. The third kappa shape index (κ3) is 3.03. The van der Waals surface area contributed by atoms with Gasteiger partial charge in [-0.3, -0.25) is 4.79 Å². The van der Waals surface area contributed by atoms with Gasteiger partial charge >= 0.3 is 0 Å². The molecule has 22 heavy (non-hydrogen) atoms. The number of thiophene rings is 1. The normalized spacial score (nSPS) is 16.6. The number of amides is 1. The van der Waals surface area contributed by atoms with Gasteiger partial charge in [-0.1, -0.05) is 30.5 Å². The van der Waals surface area contributed by atoms with Gasteiger partial charge < -0.3 is 5.32 Å². The number of benzene rings is 1. The molecule has 0 aliphatic heterocycles. The van der Waals surface area contributed by atoms with Crippen LogP contribution in [0.2, 0.25) is 5.02 Å². The lowest BCUT2D eigenvalue weighted by atomic mass is 9.84. The topological polar surface area (TPSA) is 29.1 Å². The van der Waals surface area contributed by atoms with Crippen LogP contribution in [0, 0.1) is 5.82 Å². The first-order valence-corrected chi connectivity index (χ1v) is 8.64. The van der Waals surface area contributed by atoms with E-state index < -0.39 is 5.82 Å². The van der Waals surface area contributed by atoms with Gasteiger partial charge in [-0.15, -0.1) is 11.3 Å². The molecule has 0 spiro atoms. The summed E-state index contributed by atoms with van der Waals surface area (Å²) in [6.45, 7) is 0.597. The van der Waals surface area contributed by atoms with Crippen molar-refractivity contribution in [1.29, 1.82) is 0 Å². The minimum Gasteiger partial charge on any atom is -0.351 e. The van der Waals surface area contributed by atoms with Crippen molar-refractivity contribution in [2.45, 2.75) is 31.1 Å². The van der Waals surface area contributed by atoms with Crippen LogP contribution in [0.25, 0.3) is 0 Å². The summed E-state index contributed by atoms with van der Waals surface area (Å²) in [5.74, 6) is -0.680. The van der Waals surface area contributed by atoms with Crippen molar-refractivity contribution in [3.63, 3.8) is 0 Å². The summed E-state index contributed by atoms with van der Waals surface area (Å²) in [5, 5.41) is 5.22. The fraction of sp³-hybridized carbons (Fsp3) is 0.353. The lowest BCUT2D eigenvalue weighted by molar-refractivity contribution is 0.0943. The second-order valence-electron chi connectivity index (χ2n) is 5.77. The molecular weight excluding hydrogens is 321 g/mol. The zero-order chi connectivity index (χ0) is 15.6. The Morgan fingerprint density at radius 3 is 2.73 bits per heavy atom. The largest absolute Gasteiger partial charge is 0.351 e. The molecule has 0 bridgehead atoms. The smallest absolute Gasteiger partial charge is 0.252 e. The molecule has 1 heterocycles. The van der Waals surface area contributed by atoms with Crippen LogP contribution in [0.3, 0.4) is 0 Å². The lowest BCUT2D eigenvalue weighted by Gasteiger charge is -2.28. The third-order valence-electron chi connectivity index (χ3n) is 4.37. The standard InChI is InChI=1S/C17H17ClFNOS/c18-14-10-12(19)5-6-13(14)16(21)20-11-17(7-1-2-8-17)15-4-3-9-22-15/h3-6,9-10H,1-2,7-8,11H2,(H,20,21). The van der Waals surface area contributed by atoms with Gasteiger partial charge in [0, 0.05) is 16.8 Å². The van der Waals surface area contributed by atoms with Crippen molar-refractivity contribution in [1.82, 2.24) is 5.32 Å². The summed E-state index contributed by atoms with van der Waals surface area (Å²) in [6.07, 6.45) is 4.55. The van der Waals surface area contributed by atoms with E-state index in [9.17, 15) is 9.18 Å². The highest BCUT2D eigenvalue weighted by molar-refractivity contribution is 7.10. The first-order valence-electron chi connectivity index (χ1n) is 7.38. The molecule has 1 saturated carbocycles. The molecule has 1 amide bonds. The number of hydrogen-bond acceptors (Lipinski definition) is 2. The average molecular weight is 338 g/mol. The number of rotatable bonds is 4. The van der Waals surface area contributed by atoms with E-state index in [0.29, 0.717) is 12.1 Å². The number of carbonyl (C=O) groups excluding carboxylic acids is 1. The van der Waals surface area contributed by atoms with E-state index in [2.05, 4.69) is 22.8 Å². The van der Waals surface area contributed by atoms with E-state index in [-0.39, 0.29) is 16.3 Å². The fourth-order valence-electron chi connectivity index (χ4n) is 3.16. The predicted molar refractivity (Wildman–Crippen MR) is 88.2 cm³/mol. The van der Waals surface area contributed by atoms with Crippen LogP contribution in [0.5, 0.6) is 0 Å². The van der Waals surface area contributed by atoms with Crippen molar-refractivity contribution in [3.8, 4) is 0 Å². The third-order valence-corrected chi connectivity index (χ3v) is 5.80. The molecule has 0 radical (unpaired) electrons. The van der Waals surface area contributed by atoms with Crippen LogP contribution in [0.15, 0.2) is 35.7 Å². The van der Waals surface area contributed by atoms with Gasteiger partial charge in [-0.25, -0.2) is 4.39 Å². The predicted octanol–water partition coefficient (Wildman–Crippen LogP) is 4.78. The molecule has 1 aliphatic rings. The Balaban J connectivity index is 1.74. The van der Waals surface area contributed by atoms with Crippen LogP contribution in [-0.4, -0.2) is 12.5 Å². The molecule has 1 N–H and O–H groups in total. The maximum atomic E-state index is 13.1. The Morgan fingerprint density at radius 1 is 1.32 bits per heavy atom. The summed E-state index contributed by atoms with van der Waals surface area (Å²) in [7, 11) is 0. The molecule has 0 unspecified atom stereocenters. The molecule has 1 aromatic heterocycles. The molecule has 0 atom stereocenters. The van der Waals surface area contributed by atoms with E-state index in [1.165, 1.54) is 35.9 Å². The zero-order valence-corrected chi connectivity index (χ0v) is 13.6. The minimum absolute atomic E-state index is 0.0380. The van der Waals surface area contributed by atoms with E-state index >= 15 is 0 Å². The molecule has 116 valence electrons. The van der Waals surface area contributed by atoms with Crippen molar-refractivity contribution < 1.29 is 9.18 Å². The molecule has 5 heteroatoms. The maximum Gasteiger partial charge on any atom is 0.252 e. The second-order valence-corrected chi connectivity index (χ2v) is 7.13. The molecule has 2 aromatic rings. The SMILES string of the molecule is O=C(NCC1(c2cccs2)CCCC1)c1ccc(F)cc1Cl. The number of nitrogens with one attached hydrogen (secondary N) is 1. The van der Waals surface area contributed by atoms with Crippen molar-refractivity contribution in [2.75, 3.05) is 6.54 Å². The summed E-state index contributed by atoms with van der Waals surface area (Å²) in [5.41, 5.74) is 0.360. The van der Waals surface area contributed by atoms with Gasteiger partial charge in [0.1, 0.15) is 5.82 Å². The van der Waals surface area contributed by atoms with E-state index in [4.69, 9.17) is 11.6 Å². The minimum atomic E-state index is -0.438. The van der Waals surface area contributed by atoms with Gasteiger partial charge in [-0.2, -0.15) is 0 Å².